The highest BCUT2D eigenvalue weighted by molar-refractivity contribution is 5.80. The monoisotopic (exact) mass is 330 g/mol. The minimum Gasteiger partial charge on any atom is -0.391 e. The van der Waals surface area contributed by atoms with Crippen LogP contribution in [0.1, 0.15) is 56.2 Å². The predicted molar refractivity (Wildman–Crippen MR) is 91.3 cm³/mol. The molecule has 0 radical (unpaired) electrons. The zero-order valence-corrected chi connectivity index (χ0v) is 14.2. The Hall–Kier alpha value is -1.88. The van der Waals surface area contributed by atoms with Crippen LogP contribution >= 0.6 is 0 Å². The van der Waals surface area contributed by atoms with E-state index >= 15 is 0 Å². The molecule has 3 atom stereocenters. The van der Waals surface area contributed by atoms with E-state index in [1.54, 1.807) is 11.8 Å². The summed E-state index contributed by atoms with van der Waals surface area (Å²) in [7, 11) is 0. The van der Waals surface area contributed by atoms with Crippen molar-refractivity contribution in [2.45, 2.75) is 63.6 Å². The van der Waals surface area contributed by atoms with E-state index < -0.39 is 6.10 Å². The van der Waals surface area contributed by atoms with Crippen LogP contribution in [0.15, 0.2) is 24.3 Å². The molecule has 3 unspecified atom stereocenters. The summed E-state index contributed by atoms with van der Waals surface area (Å²) in [6.07, 6.45) is 4.25. The number of nitrogens with zero attached hydrogens (tertiary/aromatic N) is 1. The molecule has 130 valence electrons. The van der Waals surface area contributed by atoms with E-state index in [1.165, 1.54) is 5.56 Å². The average molecular weight is 330 g/mol. The molecule has 1 saturated carbocycles. The Morgan fingerprint density at radius 3 is 2.75 bits per heavy atom. The van der Waals surface area contributed by atoms with Crippen LogP contribution in [0.4, 0.5) is 0 Å². The number of hydrogen-bond donors (Lipinski definition) is 2. The minimum absolute atomic E-state index is 0.00000386. The molecule has 1 fully saturated rings. The van der Waals surface area contributed by atoms with E-state index in [1.807, 2.05) is 18.2 Å². The van der Waals surface area contributed by atoms with E-state index in [-0.39, 0.29) is 30.3 Å². The first kappa shape index (κ1) is 17.0. The standard InChI is InChI=1S/C19H26N2O3/c1-13(22)21-11-10-14-6-2-3-7-15(14)17(21)12-19(24)20-16-8-4-5-9-18(16)23/h2-3,6-7,16-18,23H,4-5,8-12H2,1H3,(H,20,24). The molecule has 2 amide bonds. The molecule has 3 rings (SSSR count). The van der Waals surface area contributed by atoms with Crippen molar-refractivity contribution in [1.29, 1.82) is 0 Å². The Bertz CT molecular complexity index is 616. The van der Waals surface area contributed by atoms with Crippen LogP contribution in [0.3, 0.4) is 0 Å². The molecule has 1 aromatic rings. The van der Waals surface area contributed by atoms with Gasteiger partial charge in [0.15, 0.2) is 0 Å². The molecule has 5 nitrogen and oxygen atoms in total. The topological polar surface area (TPSA) is 69.6 Å². The summed E-state index contributed by atoms with van der Waals surface area (Å²) < 4.78 is 0. The minimum atomic E-state index is -0.453. The van der Waals surface area contributed by atoms with Gasteiger partial charge in [-0.25, -0.2) is 0 Å². The zero-order chi connectivity index (χ0) is 17.1. The number of fused-ring (bicyclic) bond motifs is 1. The van der Waals surface area contributed by atoms with Crippen LogP contribution in [0.25, 0.3) is 0 Å². The first-order valence-electron chi connectivity index (χ1n) is 8.88. The van der Waals surface area contributed by atoms with Crippen LogP contribution in [0.2, 0.25) is 0 Å². The van der Waals surface area contributed by atoms with Gasteiger partial charge >= 0.3 is 0 Å². The van der Waals surface area contributed by atoms with E-state index in [2.05, 4.69) is 11.4 Å². The molecule has 1 aliphatic carbocycles. The maximum atomic E-state index is 12.5. The molecule has 0 bridgehead atoms. The van der Waals surface area contributed by atoms with Gasteiger partial charge in [0.2, 0.25) is 11.8 Å². The second-order valence-corrected chi connectivity index (χ2v) is 6.91. The summed E-state index contributed by atoms with van der Waals surface area (Å²) in [5, 5.41) is 13.0. The Kier molecular flexibility index (Phi) is 5.19. The second-order valence-electron chi connectivity index (χ2n) is 6.91. The molecule has 24 heavy (non-hydrogen) atoms. The number of hydrogen-bond acceptors (Lipinski definition) is 3. The van der Waals surface area contributed by atoms with Crippen LogP contribution in [-0.2, 0) is 16.0 Å². The molecule has 0 aromatic heterocycles. The Labute approximate surface area is 143 Å². The third-order valence-electron chi connectivity index (χ3n) is 5.27. The van der Waals surface area contributed by atoms with Crippen molar-refractivity contribution in [2.75, 3.05) is 6.54 Å². The molecule has 1 aromatic carbocycles. The van der Waals surface area contributed by atoms with Gasteiger partial charge in [-0.05, 0) is 30.4 Å². The molecule has 2 N–H and O–H groups in total. The summed E-state index contributed by atoms with van der Waals surface area (Å²) in [5.41, 5.74) is 2.28. The highest BCUT2D eigenvalue weighted by Gasteiger charge is 2.32. The Morgan fingerprint density at radius 2 is 2.00 bits per heavy atom. The highest BCUT2D eigenvalue weighted by atomic mass is 16.3. The summed E-state index contributed by atoms with van der Waals surface area (Å²) in [4.78, 5) is 26.3. The highest BCUT2D eigenvalue weighted by Crippen LogP contribution is 2.32. The summed E-state index contributed by atoms with van der Waals surface area (Å²) in [6.45, 7) is 2.21. The van der Waals surface area contributed by atoms with Crippen LogP contribution in [0.5, 0.6) is 0 Å². The maximum absolute atomic E-state index is 12.5. The van der Waals surface area contributed by atoms with Gasteiger partial charge < -0.3 is 15.3 Å². The van der Waals surface area contributed by atoms with Crippen LogP contribution < -0.4 is 5.32 Å². The second kappa shape index (κ2) is 7.34. The van der Waals surface area contributed by atoms with Crippen molar-refractivity contribution in [3.05, 3.63) is 35.4 Å². The van der Waals surface area contributed by atoms with E-state index in [0.717, 1.165) is 37.7 Å². The van der Waals surface area contributed by atoms with Gasteiger partial charge in [-0.3, -0.25) is 9.59 Å². The molecule has 1 aliphatic heterocycles. The Balaban J connectivity index is 1.73. The predicted octanol–water partition coefficient (Wildman–Crippen LogP) is 1.94. The first-order valence-corrected chi connectivity index (χ1v) is 8.88. The summed E-state index contributed by atoms with van der Waals surface area (Å²) in [5.74, 6) is -0.0890. The van der Waals surface area contributed by atoms with Crippen molar-refractivity contribution in [1.82, 2.24) is 10.2 Å². The molecule has 2 aliphatic rings. The fourth-order valence-corrected chi connectivity index (χ4v) is 3.97. The average Bonchev–Trinajstić information content (AvgIpc) is 2.57. The van der Waals surface area contributed by atoms with Gasteiger partial charge in [0, 0.05) is 13.5 Å². The Morgan fingerprint density at radius 1 is 1.25 bits per heavy atom. The fourth-order valence-electron chi connectivity index (χ4n) is 3.97. The number of rotatable bonds is 3. The lowest BCUT2D eigenvalue weighted by atomic mass is 9.89. The lowest BCUT2D eigenvalue weighted by molar-refractivity contribution is -0.133. The number of benzene rings is 1. The van der Waals surface area contributed by atoms with Gasteiger partial charge in [0.05, 0.1) is 24.6 Å². The van der Waals surface area contributed by atoms with Gasteiger partial charge in [0.1, 0.15) is 0 Å². The van der Waals surface area contributed by atoms with Gasteiger partial charge in [-0.1, -0.05) is 37.1 Å². The molecule has 1 heterocycles. The third kappa shape index (κ3) is 3.61. The number of aliphatic hydroxyl groups excluding tert-OH is 1. The molecular weight excluding hydrogens is 304 g/mol. The lowest BCUT2D eigenvalue weighted by Crippen LogP contribution is -2.47. The van der Waals surface area contributed by atoms with Crippen molar-refractivity contribution in [3.8, 4) is 0 Å². The van der Waals surface area contributed by atoms with E-state index in [9.17, 15) is 14.7 Å². The van der Waals surface area contributed by atoms with Crippen molar-refractivity contribution in [3.63, 3.8) is 0 Å². The van der Waals surface area contributed by atoms with Crippen molar-refractivity contribution in [2.24, 2.45) is 0 Å². The molecule has 0 saturated heterocycles. The van der Waals surface area contributed by atoms with Gasteiger partial charge in [-0.15, -0.1) is 0 Å². The molecule has 0 spiro atoms. The number of amides is 2. The quantitative estimate of drug-likeness (QED) is 0.890. The van der Waals surface area contributed by atoms with Gasteiger partial charge in [-0.2, -0.15) is 0 Å². The molecular formula is C19H26N2O3. The number of aliphatic hydroxyl groups is 1. The number of carbonyl (C=O) groups excluding carboxylic acids is 2. The third-order valence-corrected chi connectivity index (χ3v) is 5.27. The van der Waals surface area contributed by atoms with Crippen LogP contribution in [0, 0.1) is 0 Å². The summed E-state index contributed by atoms with van der Waals surface area (Å²) in [6, 6.07) is 7.67. The SMILES string of the molecule is CC(=O)N1CCc2ccccc2C1CC(=O)NC1CCCCC1O. The maximum Gasteiger partial charge on any atom is 0.222 e. The van der Waals surface area contributed by atoms with Crippen LogP contribution in [-0.4, -0.2) is 40.5 Å². The normalized spacial score (nSPS) is 26.6. The first-order chi connectivity index (χ1) is 11.6. The number of nitrogens with one attached hydrogen (secondary N) is 1. The number of carbonyl (C=O) groups is 2. The van der Waals surface area contributed by atoms with Gasteiger partial charge in [0.25, 0.3) is 0 Å². The van der Waals surface area contributed by atoms with Crippen molar-refractivity contribution >= 4 is 11.8 Å². The van der Waals surface area contributed by atoms with E-state index in [0.29, 0.717) is 6.54 Å². The smallest absolute Gasteiger partial charge is 0.222 e. The van der Waals surface area contributed by atoms with Crippen molar-refractivity contribution < 1.29 is 14.7 Å². The lowest BCUT2D eigenvalue weighted by Gasteiger charge is -2.37. The largest absolute Gasteiger partial charge is 0.391 e. The van der Waals surface area contributed by atoms with E-state index in [4.69, 9.17) is 0 Å². The summed E-state index contributed by atoms with van der Waals surface area (Å²) >= 11 is 0. The zero-order valence-electron chi connectivity index (χ0n) is 14.2. The fraction of sp³-hybridized carbons (Fsp3) is 0.579. The molecule has 5 heteroatoms.